The third-order valence-electron chi connectivity index (χ3n) is 2.23. The molecule has 0 aliphatic carbocycles. The first-order chi connectivity index (χ1) is 5.87. The lowest BCUT2D eigenvalue weighted by Crippen LogP contribution is -2.16. The molecule has 1 N–H and O–H groups in total. The maximum absolute atomic E-state index is 10.8. The van der Waals surface area contributed by atoms with Gasteiger partial charge in [0.15, 0.2) is 0 Å². The van der Waals surface area contributed by atoms with Crippen molar-refractivity contribution in [1.82, 2.24) is 0 Å². The van der Waals surface area contributed by atoms with Crippen molar-refractivity contribution in [1.29, 1.82) is 0 Å². The first kappa shape index (κ1) is 12.5. The average molecular weight is 186 g/mol. The fourth-order valence-electron chi connectivity index (χ4n) is 1.35. The maximum Gasteiger partial charge on any atom is 0.306 e. The molecular weight excluding hydrogens is 164 g/mol. The van der Waals surface area contributed by atoms with Crippen LogP contribution < -0.4 is 0 Å². The predicted octanol–water partition coefficient (Wildman–Crippen LogP) is 3.31. The highest BCUT2D eigenvalue weighted by atomic mass is 16.4. The lowest BCUT2D eigenvalue weighted by atomic mass is 9.85. The van der Waals surface area contributed by atoms with Crippen LogP contribution >= 0.6 is 0 Å². The lowest BCUT2D eigenvalue weighted by molar-refractivity contribution is -0.142. The zero-order valence-electron chi connectivity index (χ0n) is 9.26. The van der Waals surface area contributed by atoms with Crippen LogP contribution in [-0.4, -0.2) is 11.1 Å². The summed E-state index contributed by atoms with van der Waals surface area (Å²) in [7, 11) is 0. The molecule has 0 bridgehead atoms. The summed E-state index contributed by atoms with van der Waals surface area (Å²) in [6.07, 6.45) is 3.57. The van der Waals surface area contributed by atoms with Gasteiger partial charge in [-0.05, 0) is 24.7 Å². The van der Waals surface area contributed by atoms with Crippen LogP contribution in [0.3, 0.4) is 0 Å². The SMILES string of the molecule is CCCC(CCC(C)(C)C)C(=O)O. The molecule has 1 unspecified atom stereocenters. The molecule has 0 aromatic carbocycles. The highest BCUT2D eigenvalue weighted by Crippen LogP contribution is 2.25. The van der Waals surface area contributed by atoms with Gasteiger partial charge in [-0.3, -0.25) is 4.79 Å². The second kappa shape index (κ2) is 5.25. The quantitative estimate of drug-likeness (QED) is 0.715. The Morgan fingerprint density at radius 2 is 1.85 bits per heavy atom. The highest BCUT2D eigenvalue weighted by Gasteiger charge is 2.19. The van der Waals surface area contributed by atoms with Crippen LogP contribution in [0.5, 0.6) is 0 Å². The number of hydrogen-bond acceptors (Lipinski definition) is 1. The number of aliphatic carboxylic acids is 1. The summed E-state index contributed by atoms with van der Waals surface area (Å²) in [6.45, 7) is 8.49. The molecule has 0 saturated carbocycles. The van der Waals surface area contributed by atoms with E-state index in [0.717, 1.165) is 25.7 Å². The Morgan fingerprint density at radius 1 is 1.31 bits per heavy atom. The van der Waals surface area contributed by atoms with Gasteiger partial charge < -0.3 is 5.11 Å². The minimum absolute atomic E-state index is 0.135. The Hall–Kier alpha value is -0.530. The molecule has 0 amide bonds. The Labute approximate surface area is 81.3 Å². The van der Waals surface area contributed by atoms with Crippen molar-refractivity contribution >= 4 is 5.97 Å². The molecule has 0 radical (unpaired) electrons. The van der Waals surface area contributed by atoms with E-state index in [2.05, 4.69) is 20.8 Å². The van der Waals surface area contributed by atoms with Crippen LogP contribution in [0, 0.1) is 11.3 Å². The smallest absolute Gasteiger partial charge is 0.306 e. The van der Waals surface area contributed by atoms with E-state index in [1.165, 1.54) is 0 Å². The van der Waals surface area contributed by atoms with Gasteiger partial charge in [0.25, 0.3) is 0 Å². The molecule has 0 aromatic heterocycles. The molecule has 0 aromatic rings. The topological polar surface area (TPSA) is 37.3 Å². The Morgan fingerprint density at radius 3 is 2.15 bits per heavy atom. The number of hydrogen-bond donors (Lipinski definition) is 1. The molecule has 2 heteroatoms. The number of carbonyl (C=O) groups is 1. The van der Waals surface area contributed by atoms with Gasteiger partial charge in [-0.25, -0.2) is 0 Å². The molecule has 0 saturated heterocycles. The van der Waals surface area contributed by atoms with Crippen molar-refractivity contribution in [2.45, 2.75) is 53.4 Å². The van der Waals surface area contributed by atoms with Crippen LogP contribution in [0.25, 0.3) is 0 Å². The molecule has 1 atom stereocenters. The molecule has 0 rings (SSSR count). The standard InChI is InChI=1S/C11H22O2/c1-5-6-9(10(12)13)7-8-11(2,3)4/h9H,5-8H2,1-4H3,(H,12,13). The minimum Gasteiger partial charge on any atom is -0.481 e. The third kappa shape index (κ3) is 6.62. The maximum atomic E-state index is 10.8. The van der Waals surface area contributed by atoms with Gasteiger partial charge >= 0.3 is 5.97 Å². The van der Waals surface area contributed by atoms with Gasteiger partial charge in [0, 0.05) is 0 Å². The summed E-state index contributed by atoms with van der Waals surface area (Å²) in [5.41, 5.74) is 0.251. The normalized spacial score (nSPS) is 14.2. The fraction of sp³-hybridized carbons (Fsp3) is 0.909. The van der Waals surface area contributed by atoms with Crippen LogP contribution in [0.4, 0.5) is 0 Å². The minimum atomic E-state index is -0.633. The van der Waals surface area contributed by atoms with Gasteiger partial charge in [-0.1, -0.05) is 34.1 Å². The zero-order valence-corrected chi connectivity index (χ0v) is 9.26. The summed E-state index contributed by atoms with van der Waals surface area (Å²) in [4.78, 5) is 10.8. The third-order valence-corrected chi connectivity index (χ3v) is 2.23. The lowest BCUT2D eigenvalue weighted by Gasteiger charge is -2.20. The average Bonchev–Trinajstić information content (AvgIpc) is 1.95. The molecule has 0 spiro atoms. The van der Waals surface area contributed by atoms with Crippen LogP contribution in [0.2, 0.25) is 0 Å². The van der Waals surface area contributed by atoms with E-state index in [-0.39, 0.29) is 11.3 Å². The van der Waals surface area contributed by atoms with Crippen LogP contribution in [0.15, 0.2) is 0 Å². The zero-order chi connectivity index (χ0) is 10.5. The number of carboxylic acids is 1. The molecule has 78 valence electrons. The molecule has 0 heterocycles. The van der Waals surface area contributed by atoms with Crippen molar-refractivity contribution in [3.05, 3.63) is 0 Å². The summed E-state index contributed by atoms with van der Waals surface area (Å²) in [5.74, 6) is -0.768. The van der Waals surface area contributed by atoms with E-state index in [0.29, 0.717) is 0 Å². The number of rotatable bonds is 5. The summed E-state index contributed by atoms with van der Waals surface area (Å²) >= 11 is 0. The van der Waals surface area contributed by atoms with E-state index >= 15 is 0 Å². The first-order valence-corrected chi connectivity index (χ1v) is 5.09. The summed E-state index contributed by atoms with van der Waals surface area (Å²) in [5, 5.41) is 8.90. The van der Waals surface area contributed by atoms with Gasteiger partial charge in [0.05, 0.1) is 5.92 Å². The van der Waals surface area contributed by atoms with E-state index < -0.39 is 5.97 Å². The van der Waals surface area contributed by atoms with Gasteiger partial charge in [-0.2, -0.15) is 0 Å². The van der Waals surface area contributed by atoms with Crippen molar-refractivity contribution in [3.63, 3.8) is 0 Å². The summed E-state index contributed by atoms with van der Waals surface area (Å²) < 4.78 is 0. The van der Waals surface area contributed by atoms with Gasteiger partial charge in [0.2, 0.25) is 0 Å². The Bertz CT molecular complexity index is 156. The molecule has 13 heavy (non-hydrogen) atoms. The molecule has 0 aliphatic rings. The molecule has 2 nitrogen and oxygen atoms in total. The highest BCUT2D eigenvalue weighted by molar-refractivity contribution is 5.69. The fourth-order valence-corrected chi connectivity index (χ4v) is 1.35. The van der Waals surface area contributed by atoms with E-state index in [9.17, 15) is 4.79 Å². The predicted molar refractivity (Wildman–Crippen MR) is 54.7 cm³/mol. The van der Waals surface area contributed by atoms with Gasteiger partial charge in [0.1, 0.15) is 0 Å². The first-order valence-electron chi connectivity index (χ1n) is 5.09. The van der Waals surface area contributed by atoms with Crippen molar-refractivity contribution in [2.75, 3.05) is 0 Å². The Kier molecular flexibility index (Phi) is 5.04. The second-order valence-electron chi connectivity index (χ2n) is 4.92. The molecule has 0 aliphatic heterocycles. The molecule has 0 fully saturated rings. The van der Waals surface area contributed by atoms with Crippen LogP contribution in [0.1, 0.15) is 53.4 Å². The monoisotopic (exact) mass is 186 g/mol. The Balaban J connectivity index is 3.90. The van der Waals surface area contributed by atoms with E-state index in [1.54, 1.807) is 0 Å². The largest absolute Gasteiger partial charge is 0.481 e. The van der Waals surface area contributed by atoms with Crippen LogP contribution in [-0.2, 0) is 4.79 Å². The second-order valence-corrected chi connectivity index (χ2v) is 4.92. The van der Waals surface area contributed by atoms with Crippen molar-refractivity contribution in [3.8, 4) is 0 Å². The van der Waals surface area contributed by atoms with Crippen molar-refractivity contribution in [2.24, 2.45) is 11.3 Å². The summed E-state index contributed by atoms with van der Waals surface area (Å²) in [6, 6.07) is 0. The van der Waals surface area contributed by atoms with Gasteiger partial charge in [-0.15, -0.1) is 0 Å². The number of carboxylic acid groups (broad SMARTS) is 1. The van der Waals surface area contributed by atoms with E-state index in [4.69, 9.17) is 5.11 Å². The van der Waals surface area contributed by atoms with Crippen molar-refractivity contribution < 1.29 is 9.90 Å². The van der Waals surface area contributed by atoms with E-state index in [1.807, 2.05) is 6.92 Å². The molecular formula is C11H22O2.